The summed E-state index contributed by atoms with van der Waals surface area (Å²) in [5.74, 6) is -0.0211. The third-order valence-corrected chi connectivity index (χ3v) is 5.67. The third kappa shape index (κ3) is 3.75. The molecule has 0 bridgehead atoms. The van der Waals surface area contributed by atoms with Gasteiger partial charge in [0.1, 0.15) is 0 Å². The van der Waals surface area contributed by atoms with Gasteiger partial charge in [0.25, 0.3) is 5.91 Å². The first-order valence-corrected chi connectivity index (χ1v) is 10.5. The second-order valence-electron chi connectivity index (χ2n) is 6.62. The van der Waals surface area contributed by atoms with Crippen LogP contribution < -0.4 is 4.90 Å². The van der Waals surface area contributed by atoms with E-state index in [4.69, 9.17) is 0 Å². The van der Waals surface area contributed by atoms with Gasteiger partial charge in [-0.25, -0.2) is 0 Å². The normalized spacial score (nSPS) is 15.2. The number of halogens is 2. The van der Waals surface area contributed by atoms with Crippen molar-refractivity contribution in [2.75, 3.05) is 4.90 Å². The molecule has 1 aliphatic rings. The molecule has 2 nitrogen and oxygen atoms in total. The fourth-order valence-corrected chi connectivity index (χ4v) is 4.02. The van der Waals surface area contributed by atoms with Crippen molar-refractivity contribution in [3.05, 3.63) is 110 Å². The summed E-state index contributed by atoms with van der Waals surface area (Å²) in [7, 11) is 0. The van der Waals surface area contributed by atoms with Gasteiger partial charge in [-0.2, -0.15) is 0 Å². The van der Waals surface area contributed by atoms with Crippen LogP contribution in [0.25, 0.3) is 11.8 Å². The fourth-order valence-electron chi connectivity index (χ4n) is 3.28. The summed E-state index contributed by atoms with van der Waals surface area (Å²) < 4.78 is 2.01. The number of nitrogens with zero attached hydrogens (tertiary/aromatic N) is 1. The van der Waals surface area contributed by atoms with Crippen LogP contribution in [0.15, 0.2) is 93.4 Å². The average Bonchev–Trinajstić information content (AvgIpc) is 3.01. The maximum absolute atomic E-state index is 13.4. The van der Waals surface area contributed by atoms with Crippen molar-refractivity contribution >= 4 is 55.2 Å². The molecule has 1 amide bonds. The van der Waals surface area contributed by atoms with E-state index in [1.54, 1.807) is 0 Å². The topological polar surface area (TPSA) is 20.3 Å². The number of amides is 1. The maximum Gasteiger partial charge on any atom is 0.262 e. The van der Waals surface area contributed by atoms with Crippen LogP contribution in [0.3, 0.4) is 0 Å². The van der Waals surface area contributed by atoms with Crippen molar-refractivity contribution in [3.8, 4) is 0 Å². The van der Waals surface area contributed by atoms with E-state index in [1.807, 2.05) is 96.8 Å². The number of hydrogen-bond acceptors (Lipinski definition) is 1. The molecule has 0 saturated heterocycles. The second kappa shape index (κ2) is 7.90. The van der Waals surface area contributed by atoms with Gasteiger partial charge in [-0.15, -0.1) is 0 Å². The van der Waals surface area contributed by atoms with Crippen LogP contribution in [-0.4, -0.2) is 5.91 Å². The summed E-state index contributed by atoms with van der Waals surface area (Å²) in [6, 6.07) is 23.9. The SMILES string of the molecule is Cc1cc(Br)ccc1N1C(=O)C(=Cc2ccc(Br)cc2)C=C1c1ccccc1. The Morgan fingerprint density at radius 2 is 1.54 bits per heavy atom. The molecule has 0 unspecified atom stereocenters. The van der Waals surface area contributed by atoms with Crippen molar-refractivity contribution in [2.24, 2.45) is 0 Å². The number of carbonyl (C=O) groups excluding carboxylic acids is 1. The van der Waals surface area contributed by atoms with Crippen LogP contribution in [-0.2, 0) is 4.79 Å². The van der Waals surface area contributed by atoms with Crippen LogP contribution in [0.1, 0.15) is 16.7 Å². The van der Waals surface area contributed by atoms with Gasteiger partial charge in [-0.05, 0) is 66.1 Å². The van der Waals surface area contributed by atoms with Gasteiger partial charge >= 0.3 is 0 Å². The van der Waals surface area contributed by atoms with Crippen molar-refractivity contribution in [2.45, 2.75) is 6.92 Å². The fraction of sp³-hybridized carbons (Fsp3) is 0.0417. The summed E-state index contributed by atoms with van der Waals surface area (Å²) in [5.41, 5.74) is 5.49. The number of anilines is 1. The molecule has 3 aromatic rings. The van der Waals surface area contributed by atoms with Crippen LogP contribution >= 0.6 is 31.9 Å². The lowest BCUT2D eigenvalue weighted by molar-refractivity contribution is -0.113. The lowest BCUT2D eigenvalue weighted by Gasteiger charge is -2.23. The molecule has 0 N–H and O–H groups in total. The molecular formula is C24H17Br2NO. The zero-order chi connectivity index (χ0) is 19.7. The quantitative estimate of drug-likeness (QED) is 0.359. The van der Waals surface area contributed by atoms with Gasteiger partial charge < -0.3 is 0 Å². The number of benzene rings is 3. The Morgan fingerprint density at radius 1 is 0.857 bits per heavy atom. The number of hydrogen-bond donors (Lipinski definition) is 0. The number of carbonyl (C=O) groups is 1. The minimum Gasteiger partial charge on any atom is -0.276 e. The first-order chi connectivity index (χ1) is 13.5. The molecule has 0 radical (unpaired) electrons. The van der Waals surface area contributed by atoms with Crippen molar-refractivity contribution < 1.29 is 4.79 Å². The summed E-state index contributed by atoms with van der Waals surface area (Å²) in [6.07, 6.45) is 3.91. The molecule has 3 aromatic carbocycles. The molecule has 0 fully saturated rings. The lowest BCUT2D eigenvalue weighted by atomic mass is 10.1. The average molecular weight is 495 g/mol. The molecule has 4 rings (SSSR count). The largest absolute Gasteiger partial charge is 0.276 e. The van der Waals surface area contributed by atoms with Crippen LogP contribution in [0.5, 0.6) is 0 Å². The molecule has 0 aliphatic carbocycles. The molecule has 138 valence electrons. The van der Waals surface area contributed by atoms with Crippen molar-refractivity contribution in [1.29, 1.82) is 0 Å². The van der Waals surface area contributed by atoms with E-state index in [0.717, 1.165) is 37.0 Å². The predicted octanol–water partition coefficient (Wildman–Crippen LogP) is 6.99. The first kappa shape index (κ1) is 18.9. The highest BCUT2D eigenvalue weighted by Crippen LogP contribution is 2.37. The molecule has 0 atom stereocenters. The zero-order valence-corrected chi connectivity index (χ0v) is 18.4. The number of rotatable bonds is 3. The Morgan fingerprint density at radius 3 is 2.21 bits per heavy atom. The van der Waals surface area contributed by atoms with Gasteiger partial charge in [-0.1, -0.05) is 74.3 Å². The summed E-state index contributed by atoms with van der Waals surface area (Å²) in [6.45, 7) is 2.02. The standard InChI is InChI=1S/C24H17Br2NO/c1-16-13-21(26)11-12-22(16)27-23(18-5-3-2-4-6-18)15-19(24(27)28)14-17-7-9-20(25)10-8-17/h2-15H,1H3. The number of aryl methyl sites for hydroxylation is 1. The summed E-state index contributed by atoms with van der Waals surface area (Å²) in [4.78, 5) is 15.2. The Hall–Kier alpha value is -2.43. The highest BCUT2D eigenvalue weighted by Gasteiger charge is 2.31. The van der Waals surface area contributed by atoms with Crippen LogP contribution in [0.4, 0.5) is 5.69 Å². The Kier molecular flexibility index (Phi) is 5.33. The first-order valence-electron chi connectivity index (χ1n) is 8.88. The molecule has 4 heteroatoms. The molecule has 28 heavy (non-hydrogen) atoms. The van der Waals surface area contributed by atoms with Gasteiger partial charge in [-0.3, -0.25) is 9.69 Å². The molecule has 0 aromatic heterocycles. The van der Waals surface area contributed by atoms with E-state index >= 15 is 0 Å². The van der Waals surface area contributed by atoms with Gasteiger partial charge in [0.15, 0.2) is 0 Å². The maximum atomic E-state index is 13.4. The molecule has 1 aliphatic heterocycles. The van der Waals surface area contributed by atoms with E-state index in [2.05, 4.69) is 31.9 Å². The predicted molar refractivity (Wildman–Crippen MR) is 123 cm³/mol. The second-order valence-corrected chi connectivity index (χ2v) is 8.45. The van der Waals surface area contributed by atoms with E-state index < -0.39 is 0 Å². The Bertz CT molecular complexity index is 1100. The zero-order valence-electron chi connectivity index (χ0n) is 15.2. The highest BCUT2D eigenvalue weighted by molar-refractivity contribution is 9.10. The Labute approximate surface area is 181 Å². The lowest BCUT2D eigenvalue weighted by Crippen LogP contribution is -2.25. The van der Waals surface area contributed by atoms with E-state index in [0.29, 0.717) is 5.57 Å². The minimum absolute atomic E-state index is 0.0211. The van der Waals surface area contributed by atoms with Crippen LogP contribution in [0, 0.1) is 6.92 Å². The van der Waals surface area contributed by atoms with Gasteiger partial charge in [0.2, 0.25) is 0 Å². The Balaban J connectivity index is 1.84. The molecular weight excluding hydrogens is 478 g/mol. The molecule has 0 spiro atoms. The summed E-state index contributed by atoms with van der Waals surface area (Å²) >= 11 is 6.96. The van der Waals surface area contributed by atoms with Gasteiger partial charge in [0, 0.05) is 14.5 Å². The molecule has 0 saturated carbocycles. The molecule has 1 heterocycles. The van der Waals surface area contributed by atoms with Crippen LogP contribution in [0.2, 0.25) is 0 Å². The van der Waals surface area contributed by atoms with Crippen molar-refractivity contribution in [3.63, 3.8) is 0 Å². The van der Waals surface area contributed by atoms with E-state index in [9.17, 15) is 4.79 Å². The van der Waals surface area contributed by atoms with E-state index in [1.165, 1.54) is 0 Å². The third-order valence-electron chi connectivity index (χ3n) is 4.64. The van der Waals surface area contributed by atoms with E-state index in [-0.39, 0.29) is 5.91 Å². The summed E-state index contributed by atoms with van der Waals surface area (Å²) in [5, 5.41) is 0. The highest BCUT2D eigenvalue weighted by atomic mass is 79.9. The minimum atomic E-state index is -0.0211. The van der Waals surface area contributed by atoms with Gasteiger partial charge in [0.05, 0.1) is 11.4 Å². The monoisotopic (exact) mass is 493 g/mol. The van der Waals surface area contributed by atoms with Crippen molar-refractivity contribution in [1.82, 2.24) is 0 Å². The smallest absolute Gasteiger partial charge is 0.262 e.